The number of ether oxygens (including phenoxy) is 1. The lowest BCUT2D eigenvalue weighted by Gasteiger charge is -2.29. The van der Waals surface area contributed by atoms with Gasteiger partial charge in [-0.1, -0.05) is 0 Å². The molecule has 2 heterocycles. The topological polar surface area (TPSA) is 36.9 Å². The summed E-state index contributed by atoms with van der Waals surface area (Å²) < 4.78 is 6.12. The third-order valence-electron chi connectivity index (χ3n) is 4.87. The molecule has 0 aromatic heterocycles. The molecule has 24 heavy (non-hydrogen) atoms. The molecular formula is C20H23N3O. The van der Waals surface area contributed by atoms with Crippen molar-refractivity contribution < 1.29 is 4.74 Å². The maximum Gasteiger partial charge on any atom is 0.119 e. The van der Waals surface area contributed by atoms with E-state index in [1.54, 1.807) is 0 Å². The number of hydrogen-bond donors (Lipinski definition) is 1. The van der Waals surface area contributed by atoms with Crippen LogP contribution in [0.25, 0.3) is 0 Å². The molecule has 0 bridgehead atoms. The summed E-state index contributed by atoms with van der Waals surface area (Å²) in [7, 11) is 4.11. The molecule has 2 aromatic rings. The zero-order valence-electron chi connectivity index (χ0n) is 14.2. The normalized spacial score (nSPS) is 17.7. The van der Waals surface area contributed by atoms with Crippen LogP contribution in [-0.2, 0) is 0 Å². The van der Waals surface area contributed by atoms with E-state index >= 15 is 0 Å². The third kappa shape index (κ3) is 2.89. The quantitative estimate of drug-likeness (QED) is 0.796. The molecule has 0 radical (unpaired) electrons. The molecule has 124 valence electrons. The molecule has 1 fully saturated rings. The van der Waals surface area contributed by atoms with Gasteiger partial charge in [-0.15, -0.1) is 0 Å². The van der Waals surface area contributed by atoms with E-state index in [1.807, 2.05) is 7.05 Å². The fourth-order valence-corrected chi connectivity index (χ4v) is 3.31. The summed E-state index contributed by atoms with van der Waals surface area (Å²) >= 11 is 0. The summed E-state index contributed by atoms with van der Waals surface area (Å²) in [5.41, 5.74) is 5.60. The Labute approximate surface area is 143 Å². The largest absolute Gasteiger partial charge is 0.490 e. The number of fused-ring (bicyclic) bond motifs is 1. The molecule has 0 unspecified atom stereocenters. The number of aliphatic imine (C=N–C) groups is 1. The summed E-state index contributed by atoms with van der Waals surface area (Å²) in [5, 5.41) is 3.18. The number of benzene rings is 2. The Morgan fingerprint density at radius 2 is 1.83 bits per heavy atom. The number of rotatable bonds is 4. The van der Waals surface area contributed by atoms with E-state index in [-0.39, 0.29) is 0 Å². The Hall–Kier alpha value is -2.33. The van der Waals surface area contributed by atoms with Gasteiger partial charge in [0.1, 0.15) is 11.9 Å². The van der Waals surface area contributed by atoms with Crippen molar-refractivity contribution in [2.45, 2.75) is 18.9 Å². The van der Waals surface area contributed by atoms with E-state index in [0.29, 0.717) is 6.10 Å². The minimum Gasteiger partial charge on any atom is -0.490 e. The average Bonchev–Trinajstić information content (AvgIpc) is 2.59. The van der Waals surface area contributed by atoms with Crippen molar-refractivity contribution in [3.63, 3.8) is 0 Å². The fourth-order valence-electron chi connectivity index (χ4n) is 3.31. The van der Waals surface area contributed by atoms with Crippen LogP contribution in [0.3, 0.4) is 0 Å². The summed E-state index contributed by atoms with van der Waals surface area (Å²) in [6, 6.07) is 14.6. The van der Waals surface area contributed by atoms with Gasteiger partial charge in [-0.25, -0.2) is 4.99 Å². The molecule has 0 spiro atoms. The van der Waals surface area contributed by atoms with Gasteiger partial charge in [0.05, 0.1) is 11.4 Å². The predicted octanol–water partition coefficient (Wildman–Crippen LogP) is 3.68. The lowest BCUT2D eigenvalue weighted by Crippen LogP contribution is -2.35. The van der Waals surface area contributed by atoms with Crippen molar-refractivity contribution in [2.24, 2.45) is 4.99 Å². The number of piperidine rings is 1. The van der Waals surface area contributed by atoms with E-state index < -0.39 is 0 Å². The Kier molecular flexibility index (Phi) is 3.98. The molecule has 2 aliphatic rings. The zero-order chi connectivity index (χ0) is 16.5. The van der Waals surface area contributed by atoms with Crippen molar-refractivity contribution in [1.29, 1.82) is 0 Å². The predicted molar refractivity (Wildman–Crippen MR) is 98.9 cm³/mol. The van der Waals surface area contributed by atoms with Crippen LogP contribution in [0, 0.1) is 0 Å². The highest BCUT2D eigenvalue weighted by Crippen LogP contribution is 2.35. The molecule has 0 aliphatic carbocycles. The average molecular weight is 321 g/mol. The minimum absolute atomic E-state index is 0.340. The van der Waals surface area contributed by atoms with Crippen LogP contribution in [-0.4, -0.2) is 43.9 Å². The van der Waals surface area contributed by atoms with Crippen LogP contribution in [0.1, 0.15) is 24.0 Å². The number of nitrogens with one attached hydrogen (secondary N) is 1. The highest BCUT2D eigenvalue weighted by Gasteiger charge is 2.21. The monoisotopic (exact) mass is 321 g/mol. The van der Waals surface area contributed by atoms with Crippen molar-refractivity contribution >= 4 is 17.1 Å². The van der Waals surface area contributed by atoms with Gasteiger partial charge in [-0.2, -0.15) is 0 Å². The maximum atomic E-state index is 6.12. The van der Waals surface area contributed by atoms with Crippen LogP contribution in [0.2, 0.25) is 0 Å². The van der Waals surface area contributed by atoms with E-state index in [4.69, 9.17) is 4.74 Å². The summed E-state index contributed by atoms with van der Waals surface area (Å²) in [4.78, 5) is 6.98. The molecule has 1 N–H and O–H groups in total. The molecule has 2 aromatic carbocycles. The number of likely N-dealkylation sites (tertiary alicyclic amines) is 1. The van der Waals surface area contributed by atoms with Crippen LogP contribution < -0.4 is 10.1 Å². The van der Waals surface area contributed by atoms with Crippen LogP contribution >= 0.6 is 0 Å². The Morgan fingerprint density at radius 1 is 1.08 bits per heavy atom. The first-order valence-electron chi connectivity index (χ1n) is 8.59. The number of anilines is 1. The molecule has 0 amide bonds. The lowest BCUT2D eigenvalue weighted by atomic mass is 9.95. The van der Waals surface area contributed by atoms with Crippen molar-refractivity contribution in [2.75, 3.05) is 32.5 Å². The van der Waals surface area contributed by atoms with Crippen molar-refractivity contribution in [3.05, 3.63) is 53.6 Å². The molecule has 4 nitrogen and oxygen atoms in total. The third-order valence-corrected chi connectivity index (χ3v) is 4.87. The van der Waals surface area contributed by atoms with Crippen molar-refractivity contribution in [1.82, 2.24) is 4.90 Å². The van der Waals surface area contributed by atoms with E-state index in [9.17, 15) is 0 Å². The lowest BCUT2D eigenvalue weighted by molar-refractivity contribution is 0.114. The van der Waals surface area contributed by atoms with E-state index in [2.05, 4.69) is 64.7 Å². The second kappa shape index (κ2) is 6.29. The van der Waals surface area contributed by atoms with Gasteiger partial charge in [-0.3, -0.25) is 0 Å². The second-order valence-corrected chi connectivity index (χ2v) is 6.59. The zero-order valence-corrected chi connectivity index (χ0v) is 14.2. The Balaban J connectivity index is 1.45. The smallest absolute Gasteiger partial charge is 0.119 e. The molecule has 0 saturated carbocycles. The van der Waals surface area contributed by atoms with Gasteiger partial charge in [0.2, 0.25) is 0 Å². The van der Waals surface area contributed by atoms with Crippen LogP contribution in [0.15, 0.2) is 47.5 Å². The number of nitrogens with zero attached hydrogens (tertiary/aromatic N) is 2. The molecular weight excluding hydrogens is 298 g/mol. The van der Waals surface area contributed by atoms with Gasteiger partial charge in [-0.05, 0) is 62.4 Å². The maximum absolute atomic E-state index is 6.12. The van der Waals surface area contributed by atoms with Gasteiger partial charge >= 0.3 is 0 Å². The first kappa shape index (κ1) is 15.2. The molecule has 0 atom stereocenters. The molecule has 1 saturated heterocycles. The molecule has 4 heteroatoms. The van der Waals surface area contributed by atoms with Gasteiger partial charge in [0, 0.05) is 37.0 Å². The Bertz CT molecular complexity index is 759. The van der Waals surface area contributed by atoms with E-state index in [0.717, 1.165) is 54.3 Å². The minimum atomic E-state index is 0.340. The summed E-state index contributed by atoms with van der Waals surface area (Å²) in [6.45, 7) is 2.23. The summed E-state index contributed by atoms with van der Waals surface area (Å²) in [5.74, 6) is 0.956. The van der Waals surface area contributed by atoms with Crippen molar-refractivity contribution in [3.8, 4) is 5.75 Å². The standard InChI is InChI=1S/C20H23N3O/c1-21-15-5-8-19-18(13-15)20(22-19)14-3-6-16(7-4-14)24-17-9-11-23(2)12-10-17/h3-8,13,17,21H,9-12H2,1-2H3. The van der Waals surface area contributed by atoms with Gasteiger partial charge < -0.3 is 15.0 Å². The molecule has 4 rings (SSSR count). The highest BCUT2D eigenvalue weighted by molar-refractivity contribution is 6.22. The SMILES string of the molecule is CNc1ccc2c(c1)C(c1ccc(OC3CCN(C)CC3)cc1)=N2. The Morgan fingerprint density at radius 3 is 2.54 bits per heavy atom. The number of hydrogen-bond acceptors (Lipinski definition) is 4. The van der Waals surface area contributed by atoms with Crippen LogP contribution in [0.5, 0.6) is 5.75 Å². The first-order chi connectivity index (χ1) is 11.7. The van der Waals surface area contributed by atoms with Gasteiger partial charge in [0.25, 0.3) is 0 Å². The second-order valence-electron chi connectivity index (χ2n) is 6.59. The highest BCUT2D eigenvalue weighted by atomic mass is 16.5. The molecule has 2 aliphatic heterocycles. The van der Waals surface area contributed by atoms with Crippen LogP contribution in [0.4, 0.5) is 11.4 Å². The summed E-state index contributed by atoms with van der Waals surface area (Å²) in [6.07, 6.45) is 2.54. The fraction of sp³-hybridized carbons (Fsp3) is 0.350. The first-order valence-corrected chi connectivity index (χ1v) is 8.59. The van der Waals surface area contributed by atoms with E-state index in [1.165, 1.54) is 5.56 Å². The van der Waals surface area contributed by atoms with Gasteiger partial charge in [0.15, 0.2) is 0 Å².